The van der Waals surface area contributed by atoms with Crippen molar-refractivity contribution in [3.8, 4) is 17.1 Å². The molecule has 8 nitrogen and oxygen atoms in total. The summed E-state index contributed by atoms with van der Waals surface area (Å²) in [6, 6.07) is 17.0. The molecule has 166 valence electrons. The van der Waals surface area contributed by atoms with Crippen LogP contribution in [0.1, 0.15) is 0 Å². The van der Waals surface area contributed by atoms with Crippen molar-refractivity contribution in [2.45, 2.75) is 5.16 Å². The molecule has 4 rings (SSSR count). The van der Waals surface area contributed by atoms with E-state index in [-0.39, 0.29) is 5.75 Å². The molecule has 0 aliphatic carbocycles. The molecule has 0 radical (unpaired) electrons. The number of amides is 3. The smallest absolute Gasteiger partial charge is 0.308 e. The lowest BCUT2D eigenvalue weighted by atomic mass is 10.2. The van der Waals surface area contributed by atoms with Gasteiger partial charge >= 0.3 is 6.03 Å². The third-order valence-electron chi connectivity index (χ3n) is 4.33. The minimum absolute atomic E-state index is 0.0608. The quantitative estimate of drug-likeness (QED) is 0.359. The molecule has 0 unspecified atom stereocenters. The molecule has 2 N–H and O–H groups in total. The van der Waals surface area contributed by atoms with Gasteiger partial charge in [0.15, 0.2) is 11.0 Å². The van der Waals surface area contributed by atoms with E-state index in [4.69, 9.17) is 23.2 Å². The zero-order chi connectivity index (χ0) is 23.2. The van der Waals surface area contributed by atoms with Crippen LogP contribution >= 0.6 is 35.0 Å². The molecule has 0 aliphatic rings. The van der Waals surface area contributed by atoms with Crippen molar-refractivity contribution in [1.82, 2.24) is 25.1 Å². The summed E-state index contributed by atoms with van der Waals surface area (Å²) in [6.07, 6.45) is 3.32. The highest BCUT2D eigenvalue weighted by Gasteiger charge is 2.19. The number of thioether (sulfide) groups is 1. The number of urea groups is 1. The zero-order valence-corrected chi connectivity index (χ0v) is 19.2. The summed E-state index contributed by atoms with van der Waals surface area (Å²) < 4.78 is 1.75. The van der Waals surface area contributed by atoms with Crippen molar-refractivity contribution in [2.24, 2.45) is 0 Å². The third kappa shape index (κ3) is 5.70. The van der Waals surface area contributed by atoms with Gasteiger partial charge in [-0.05, 0) is 42.5 Å². The fourth-order valence-corrected chi connectivity index (χ4v) is 3.92. The Morgan fingerprint density at radius 3 is 2.52 bits per heavy atom. The second kappa shape index (κ2) is 10.5. The van der Waals surface area contributed by atoms with Crippen LogP contribution in [-0.2, 0) is 4.79 Å². The number of para-hydroxylation sites is 1. The minimum Gasteiger partial charge on any atom is -0.308 e. The Hall–Kier alpha value is -3.40. The number of halogens is 2. The highest BCUT2D eigenvalue weighted by atomic mass is 35.5. The van der Waals surface area contributed by atoms with Crippen LogP contribution in [0.4, 0.5) is 10.5 Å². The highest BCUT2D eigenvalue weighted by molar-refractivity contribution is 7.99. The molecule has 0 aliphatic heterocycles. The SMILES string of the molecule is O=C(CSc1nnc(-c2cccnc2)n1-c1ccc(Cl)c(Cl)c1)NC(=O)Nc1ccccc1. The van der Waals surface area contributed by atoms with Crippen LogP contribution in [0.5, 0.6) is 0 Å². The number of anilines is 1. The van der Waals surface area contributed by atoms with E-state index in [1.54, 1.807) is 65.5 Å². The molecule has 0 saturated carbocycles. The van der Waals surface area contributed by atoms with E-state index >= 15 is 0 Å². The van der Waals surface area contributed by atoms with Crippen molar-refractivity contribution in [3.05, 3.63) is 83.1 Å². The van der Waals surface area contributed by atoms with E-state index in [1.165, 1.54) is 0 Å². The third-order valence-corrected chi connectivity index (χ3v) is 6.00. The number of nitrogens with one attached hydrogen (secondary N) is 2. The van der Waals surface area contributed by atoms with Crippen LogP contribution in [0.25, 0.3) is 17.1 Å². The number of hydrogen-bond acceptors (Lipinski definition) is 6. The van der Waals surface area contributed by atoms with Crippen molar-refractivity contribution in [1.29, 1.82) is 0 Å². The van der Waals surface area contributed by atoms with Gasteiger partial charge in [0.25, 0.3) is 0 Å². The van der Waals surface area contributed by atoms with Crippen molar-refractivity contribution in [3.63, 3.8) is 0 Å². The maximum Gasteiger partial charge on any atom is 0.325 e. The van der Waals surface area contributed by atoms with E-state index in [9.17, 15) is 9.59 Å². The number of benzene rings is 2. The van der Waals surface area contributed by atoms with Gasteiger partial charge in [0.1, 0.15) is 0 Å². The number of hydrogen-bond donors (Lipinski definition) is 2. The summed E-state index contributed by atoms with van der Waals surface area (Å²) in [5, 5.41) is 14.6. The minimum atomic E-state index is -0.617. The number of aromatic nitrogens is 4. The summed E-state index contributed by atoms with van der Waals surface area (Å²) in [4.78, 5) is 28.5. The van der Waals surface area contributed by atoms with Gasteiger partial charge in [-0.15, -0.1) is 10.2 Å². The summed E-state index contributed by atoms with van der Waals surface area (Å²) in [6.45, 7) is 0. The van der Waals surface area contributed by atoms with Gasteiger partial charge in [0, 0.05) is 23.6 Å². The average Bonchev–Trinajstić information content (AvgIpc) is 3.24. The van der Waals surface area contributed by atoms with Gasteiger partial charge in [-0.2, -0.15) is 0 Å². The molecule has 0 fully saturated rings. The monoisotopic (exact) mass is 498 g/mol. The first-order valence-electron chi connectivity index (χ1n) is 9.61. The Morgan fingerprint density at radius 1 is 0.970 bits per heavy atom. The van der Waals surface area contributed by atoms with Crippen LogP contribution in [0, 0.1) is 0 Å². The molecule has 0 atom stereocenters. The first kappa shape index (κ1) is 22.8. The van der Waals surface area contributed by atoms with Gasteiger partial charge in [-0.25, -0.2) is 4.79 Å². The zero-order valence-electron chi connectivity index (χ0n) is 16.9. The lowest BCUT2D eigenvalue weighted by molar-refractivity contribution is -0.117. The second-order valence-electron chi connectivity index (χ2n) is 6.64. The maximum atomic E-state index is 12.3. The van der Waals surface area contributed by atoms with Gasteiger partial charge < -0.3 is 5.32 Å². The molecule has 0 spiro atoms. The van der Waals surface area contributed by atoms with E-state index < -0.39 is 11.9 Å². The molecule has 3 amide bonds. The normalized spacial score (nSPS) is 10.6. The number of pyridine rings is 1. The number of rotatable bonds is 6. The van der Waals surface area contributed by atoms with Crippen LogP contribution in [0.15, 0.2) is 78.2 Å². The molecule has 33 heavy (non-hydrogen) atoms. The number of carbonyl (C=O) groups excluding carboxylic acids is 2. The molecular formula is C22H16Cl2N6O2S. The Balaban J connectivity index is 1.52. The number of imide groups is 1. The Labute approximate surface area is 203 Å². The summed E-state index contributed by atoms with van der Waals surface area (Å²) in [5.41, 5.74) is 1.98. The Morgan fingerprint density at radius 2 is 1.79 bits per heavy atom. The van der Waals surface area contributed by atoms with Gasteiger partial charge in [-0.3, -0.25) is 19.7 Å². The molecule has 2 aromatic carbocycles. The van der Waals surface area contributed by atoms with Crippen LogP contribution in [0.2, 0.25) is 10.0 Å². The van der Waals surface area contributed by atoms with E-state index in [0.717, 1.165) is 17.3 Å². The predicted octanol–water partition coefficient (Wildman–Crippen LogP) is 5.08. The van der Waals surface area contributed by atoms with E-state index in [0.29, 0.717) is 32.4 Å². The van der Waals surface area contributed by atoms with Gasteiger partial charge in [0.2, 0.25) is 5.91 Å². The number of carbonyl (C=O) groups is 2. The molecule has 4 aromatic rings. The topological polar surface area (TPSA) is 102 Å². The van der Waals surface area contributed by atoms with Crippen LogP contribution in [-0.4, -0.2) is 37.4 Å². The molecule has 2 aromatic heterocycles. The van der Waals surface area contributed by atoms with Crippen LogP contribution in [0.3, 0.4) is 0 Å². The lowest BCUT2D eigenvalue weighted by Gasteiger charge is -2.11. The van der Waals surface area contributed by atoms with Crippen molar-refractivity contribution >= 4 is 52.6 Å². The first-order chi connectivity index (χ1) is 16.0. The second-order valence-corrected chi connectivity index (χ2v) is 8.40. The summed E-state index contributed by atoms with van der Waals surface area (Å²) in [7, 11) is 0. The van der Waals surface area contributed by atoms with Crippen molar-refractivity contribution < 1.29 is 9.59 Å². The molecule has 2 heterocycles. The largest absolute Gasteiger partial charge is 0.325 e. The molecular weight excluding hydrogens is 483 g/mol. The van der Waals surface area contributed by atoms with Crippen molar-refractivity contribution in [2.75, 3.05) is 11.1 Å². The fourth-order valence-electron chi connectivity index (χ4n) is 2.88. The molecule has 0 saturated heterocycles. The van der Waals surface area contributed by atoms with E-state index in [2.05, 4.69) is 25.8 Å². The number of nitrogens with zero attached hydrogens (tertiary/aromatic N) is 4. The highest BCUT2D eigenvalue weighted by Crippen LogP contribution is 2.31. The summed E-state index contributed by atoms with van der Waals surface area (Å²) in [5.74, 6) is -0.0272. The average molecular weight is 499 g/mol. The lowest BCUT2D eigenvalue weighted by Crippen LogP contribution is -2.35. The Bertz CT molecular complexity index is 1280. The maximum absolute atomic E-state index is 12.3. The fraction of sp³-hybridized carbons (Fsp3) is 0.0455. The summed E-state index contributed by atoms with van der Waals surface area (Å²) >= 11 is 13.4. The predicted molar refractivity (Wildman–Crippen MR) is 129 cm³/mol. The molecule has 0 bridgehead atoms. The molecule has 11 heteroatoms. The van der Waals surface area contributed by atoms with Gasteiger partial charge in [-0.1, -0.05) is 53.2 Å². The Kier molecular flexibility index (Phi) is 7.23. The van der Waals surface area contributed by atoms with Gasteiger partial charge in [0.05, 0.1) is 21.5 Å². The standard InChI is InChI=1S/C22H16Cl2N6O2S/c23-17-9-8-16(11-18(17)24)30-20(14-5-4-10-25-12-14)28-29-22(30)33-13-19(31)27-21(32)26-15-6-2-1-3-7-15/h1-12H,13H2,(H2,26,27,31,32). The first-order valence-corrected chi connectivity index (χ1v) is 11.4. The van der Waals surface area contributed by atoms with E-state index in [1.807, 2.05) is 12.1 Å². The van der Waals surface area contributed by atoms with Crippen LogP contribution < -0.4 is 10.6 Å².